The van der Waals surface area contributed by atoms with E-state index in [0.29, 0.717) is 16.3 Å². The maximum absolute atomic E-state index is 10.7. The van der Waals surface area contributed by atoms with Gasteiger partial charge in [-0.2, -0.15) is 0 Å². The van der Waals surface area contributed by atoms with Crippen molar-refractivity contribution in [3.05, 3.63) is 28.8 Å². The fourth-order valence-electron chi connectivity index (χ4n) is 2.13. The fraction of sp³-hybridized carbons (Fsp3) is 0.500. The second-order valence-electron chi connectivity index (χ2n) is 5.16. The maximum Gasteiger partial charge on any atom is 0.150 e. The van der Waals surface area contributed by atoms with Gasteiger partial charge in [-0.15, -0.1) is 0 Å². The molecule has 0 radical (unpaired) electrons. The summed E-state index contributed by atoms with van der Waals surface area (Å²) >= 11 is 6.12. The van der Waals surface area contributed by atoms with E-state index in [4.69, 9.17) is 16.3 Å². The van der Waals surface area contributed by atoms with Crippen molar-refractivity contribution < 1.29 is 9.53 Å². The highest BCUT2D eigenvalue weighted by Crippen LogP contribution is 2.32. The molecular weight excluding hydrogens is 250 g/mol. The second-order valence-corrected chi connectivity index (χ2v) is 5.57. The van der Waals surface area contributed by atoms with Gasteiger partial charge in [0.1, 0.15) is 17.6 Å². The van der Waals surface area contributed by atoms with E-state index in [2.05, 4.69) is 18.9 Å². The number of benzene rings is 1. The Kier molecular flexibility index (Phi) is 3.93. The largest absolute Gasteiger partial charge is 0.486 e. The van der Waals surface area contributed by atoms with Gasteiger partial charge in [0.15, 0.2) is 0 Å². The summed E-state index contributed by atoms with van der Waals surface area (Å²) in [6, 6.07) is 5.14. The first-order chi connectivity index (χ1) is 8.52. The Morgan fingerprint density at radius 2 is 2.06 bits per heavy atom. The topological polar surface area (TPSA) is 29.5 Å². The van der Waals surface area contributed by atoms with Crippen LogP contribution in [0.3, 0.4) is 0 Å². The van der Waals surface area contributed by atoms with Gasteiger partial charge in [-0.1, -0.05) is 11.6 Å². The number of carbonyl (C=O) groups excluding carboxylic acids is 1. The van der Waals surface area contributed by atoms with E-state index in [0.717, 1.165) is 32.2 Å². The van der Waals surface area contributed by atoms with Crippen molar-refractivity contribution in [2.45, 2.75) is 25.4 Å². The maximum atomic E-state index is 10.7. The van der Waals surface area contributed by atoms with Crippen LogP contribution in [-0.4, -0.2) is 36.9 Å². The summed E-state index contributed by atoms with van der Waals surface area (Å²) in [7, 11) is 2.12. The second kappa shape index (κ2) is 5.29. The monoisotopic (exact) mass is 267 g/mol. The molecule has 0 saturated carbocycles. The molecule has 1 aliphatic heterocycles. The summed E-state index contributed by atoms with van der Waals surface area (Å²) in [6.45, 7) is 4.17. The predicted molar refractivity (Wildman–Crippen MR) is 72.6 cm³/mol. The van der Waals surface area contributed by atoms with E-state index in [-0.39, 0.29) is 5.60 Å². The van der Waals surface area contributed by atoms with Gasteiger partial charge >= 0.3 is 0 Å². The number of piperidine rings is 1. The molecule has 1 aromatic carbocycles. The van der Waals surface area contributed by atoms with E-state index >= 15 is 0 Å². The van der Waals surface area contributed by atoms with Crippen molar-refractivity contribution in [3.8, 4) is 5.75 Å². The zero-order chi connectivity index (χ0) is 13.2. The normalized spacial score (nSPS) is 19.5. The first kappa shape index (κ1) is 13.4. The van der Waals surface area contributed by atoms with Gasteiger partial charge in [0, 0.05) is 18.7 Å². The van der Waals surface area contributed by atoms with Crippen molar-refractivity contribution >= 4 is 17.9 Å². The number of hydrogen-bond acceptors (Lipinski definition) is 3. The van der Waals surface area contributed by atoms with E-state index in [1.165, 1.54) is 0 Å². The number of carbonyl (C=O) groups is 1. The molecule has 98 valence electrons. The minimum Gasteiger partial charge on any atom is -0.486 e. The van der Waals surface area contributed by atoms with Crippen LogP contribution in [0.2, 0.25) is 5.02 Å². The van der Waals surface area contributed by atoms with Crippen molar-refractivity contribution in [3.63, 3.8) is 0 Å². The standard InChI is InChI=1S/C14H18ClNO2/c1-14(5-7-16(2)8-6-14)18-13-4-3-11(10-17)9-12(13)15/h3-4,9-10H,5-8H2,1-2H3. The number of hydrogen-bond donors (Lipinski definition) is 0. The Morgan fingerprint density at radius 3 is 2.61 bits per heavy atom. The number of aldehydes is 1. The molecule has 0 unspecified atom stereocenters. The first-order valence-corrected chi connectivity index (χ1v) is 6.52. The summed E-state index contributed by atoms with van der Waals surface area (Å²) in [5.74, 6) is 0.661. The lowest BCUT2D eigenvalue weighted by atomic mass is 9.93. The van der Waals surface area contributed by atoms with Gasteiger partial charge in [-0.25, -0.2) is 0 Å². The zero-order valence-corrected chi connectivity index (χ0v) is 11.5. The third kappa shape index (κ3) is 3.03. The predicted octanol–water partition coefficient (Wildman–Crippen LogP) is 3.02. The van der Waals surface area contributed by atoms with Crippen LogP contribution in [0.1, 0.15) is 30.1 Å². The lowest BCUT2D eigenvalue weighted by Gasteiger charge is -2.38. The van der Waals surface area contributed by atoms with Crippen molar-refractivity contribution in [2.75, 3.05) is 20.1 Å². The quantitative estimate of drug-likeness (QED) is 0.789. The number of halogens is 1. The Bertz CT molecular complexity index is 439. The molecule has 18 heavy (non-hydrogen) atoms. The first-order valence-electron chi connectivity index (χ1n) is 6.15. The van der Waals surface area contributed by atoms with Crippen LogP contribution in [0.15, 0.2) is 18.2 Å². The Labute approximate surface area is 113 Å². The van der Waals surface area contributed by atoms with Gasteiger partial charge < -0.3 is 9.64 Å². The molecule has 0 amide bonds. The Balaban J connectivity index is 2.11. The van der Waals surface area contributed by atoms with Crippen LogP contribution in [0.5, 0.6) is 5.75 Å². The molecule has 0 aromatic heterocycles. The van der Waals surface area contributed by atoms with Crippen molar-refractivity contribution in [1.82, 2.24) is 4.90 Å². The van der Waals surface area contributed by atoms with E-state index in [1.807, 2.05) is 0 Å². The van der Waals surface area contributed by atoms with Crippen molar-refractivity contribution in [1.29, 1.82) is 0 Å². The molecule has 4 heteroatoms. The summed E-state index contributed by atoms with van der Waals surface area (Å²) in [6.07, 6.45) is 2.75. The minimum absolute atomic E-state index is 0.168. The van der Waals surface area contributed by atoms with E-state index < -0.39 is 0 Å². The summed E-state index contributed by atoms with van der Waals surface area (Å²) in [5.41, 5.74) is 0.402. The molecule has 0 bridgehead atoms. The van der Waals surface area contributed by atoms with Crippen LogP contribution in [0.25, 0.3) is 0 Å². The molecule has 3 nitrogen and oxygen atoms in total. The SMILES string of the molecule is CN1CCC(C)(Oc2ccc(C=O)cc2Cl)CC1. The van der Waals surface area contributed by atoms with Gasteiger partial charge in [0.25, 0.3) is 0 Å². The molecule has 1 saturated heterocycles. The van der Waals surface area contributed by atoms with Crippen LogP contribution < -0.4 is 4.74 Å². The highest BCUT2D eigenvalue weighted by atomic mass is 35.5. The van der Waals surface area contributed by atoms with Crippen LogP contribution >= 0.6 is 11.6 Å². The number of ether oxygens (including phenoxy) is 1. The molecule has 0 aliphatic carbocycles. The van der Waals surface area contributed by atoms with Crippen molar-refractivity contribution in [2.24, 2.45) is 0 Å². The smallest absolute Gasteiger partial charge is 0.150 e. The molecule has 0 N–H and O–H groups in total. The molecule has 1 aliphatic rings. The fourth-order valence-corrected chi connectivity index (χ4v) is 2.36. The zero-order valence-electron chi connectivity index (χ0n) is 10.8. The lowest BCUT2D eigenvalue weighted by molar-refractivity contribution is 0.0241. The average molecular weight is 268 g/mol. The van der Waals surface area contributed by atoms with Crippen LogP contribution in [-0.2, 0) is 0 Å². The Morgan fingerprint density at radius 1 is 1.39 bits per heavy atom. The Hall–Kier alpha value is -1.06. The highest BCUT2D eigenvalue weighted by molar-refractivity contribution is 6.32. The highest BCUT2D eigenvalue weighted by Gasteiger charge is 2.31. The molecule has 1 aromatic rings. The third-order valence-electron chi connectivity index (χ3n) is 3.49. The molecule has 0 spiro atoms. The molecule has 0 atom stereocenters. The molecule has 2 rings (SSSR count). The number of nitrogens with zero attached hydrogens (tertiary/aromatic N) is 1. The minimum atomic E-state index is -0.168. The van der Waals surface area contributed by atoms with Gasteiger partial charge in [-0.3, -0.25) is 4.79 Å². The van der Waals surface area contributed by atoms with Gasteiger partial charge in [0.05, 0.1) is 5.02 Å². The van der Waals surface area contributed by atoms with E-state index in [1.54, 1.807) is 18.2 Å². The summed E-state index contributed by atoms with van der Waals surface area (Å²) in [4.78, 5) is 12.9. The molecular formula is C14H18ClNO2. The van der Waals surface area contributed by atoms with Gasteiger partial charge in [0.2, 0.25) is 0 Å². The molecule has 1 heterocycles. The molecule has 1 fully saturated rings. The number of rotatable bonds is 3. The van der Waals surface area contributed by atoms with E-state index in [9.17, 15) is 4.79 Å². The third-order valence-corrected chi connectivity index (χ3v) is 3.79. The van der Waals surface area contributed by atoms with Gasteiger partial charge in [-0.05, 0) is 45.0 Å². The van der Waals surface area contributed by atoms with Crippen LogP contribution in [0.4, 0.5) is 0 Å². The van der Waals surface area contributed by atoms with Crippen LogP contribution in [0, 0.1) is 0 Å². The lowest BCUT2D eigenvalue weighted by Crippen LogP contribution is -2.44. The average Bonchev–Trinajstić information content (AvgIpc) is 2.36. The number of likely N-dealkylation sites (tertiary alicyclic amines) is 1. The summed E-state index contributed by atoms with van der Waals surface area (Å²) in [5, 5.41) is 0.500. The summed E-state index contributed by atoms with van der Waals surface area (Å²) < 4.78 is 6.05.